The van der Waals surface area contributed by atoms with Crippen LogP contribution in [0.25, 0.3) is 10.2 Å². The van der Waals surface area contributed by atoms with Gasteiger partial charge in [-0.1, -0.05) is 35.6 Å². The maximum atomic E-state index is 12.8. The van der Waals surface area contributed by atoms with E-state index in [1.54, 1.807) is 11.3 Å². The van der Waals surface area contributed by atoms with E-state index < -0.39 is 0 Å². The number of thiazole rings is 1. The molecule has 4 heteroatoms. The van der Waals surface area contributed by atoms with Gasteiger partial charge in [0.05, 0.1) is 10.2 Å². The van der Waals surface area contributed by atoms with Gasteiger partial charge in [0, 0.05) is 6.54 Å². The van der Waals surface area contributed by atoms with Crippen molar-refractivity contribution in [3.05, 3.63) is 59.9 Å². The first kappa shape index (κ1) is 12.1. The van der Waals surface area contributed by atoms with Crippen molar-refractivity contribution in [2.45, 2.75) is 6.42 Å². The molecule has 0 saturated carbocycles. The molecule has 96 valence electrons. The molecule has 19 heavy (non-hydrogen) atoms. The van der Waals surface area contributed by atoms with Crippen molar-refractivity contribution in [2.24, 2.45) is 0 Å². The molecular formula is C15H13FN2S. The summed E-state index contributed by atoms with van der Waals surface area (Å²) in [5.74, 6) is -0.192. The van der Waals surface area contributed by atoms with Gasteiger partial charge in [-0.05, 0) is 36.2 Å². The standard InChI is InChI=1S/C15H13FN2S/c16-12-7-5-11(6-8-12)9-10-17-15-18-13-3-1-2-4-14(13)19-15/h1-8H,9-10H2,(H,17,18). The molecule has 0 aliphatic heterocycles. The largest absolute Gasteiger partial charge is 0.361 e. The number of rotatable bonds is 4. The number of fused-ring (bicyclic) bond motifs is 1. The summed E-state index contributed by atoms with van der Waals surface area (Å²) >= 11 is 1.65. The number of hydrogen-bond acceptors (Lipinski definition) is 3. The summed E-state index contributed by atoms with van der Waals surface area (Å²) in [5.41, 5.74) is 2.15. The number of nitrogens with zero attached hydrogens (tertiary/aromatic N) is 1. The van der Waals surface area contributed by atoms with Crippen LogP contribution in [0.5, 0.6) is 0 Å². The van der Waals surface area contributed by atoms with E-state index in [0.29, 0.717) is 0 Å². The lowest BCUT2D eigenvalue weighted by Gasteiger charge is -2.02. The molecule has 0 unspecified atom stereocenters. The minimum atomic E-state index is -0.192. The van der Waals surface area contributed by atoms with Crippen LogP contribution in [-0.2, 0) is 6.42 Å². The second-order valence-corrected chi connectivity index (χ2v) is 5.32. The van der Waals surface area contributed by atoms with E-state index in [-0.39, 0.29) is 5.82 Å². The van der Waals surface area contributed by atoms with Crippen LogP contribution in [0.2, 0.25) is 0 Å². The van der Waals surface area contributed by atoms with Crippen molar-refractivity contribution in [2.75, 3.05) is 11.9 Å². The van der Waals surface area contributed by atoms with Crippen molar-refractivity contribution in [3.63, 3.8) is 0 Å². The average molecular weight is 272 g/mol. The minimum absolute atomic E-state index is 0.192. The third-order valence-electron chi connectivity index (χ3n) is 2.90. The van der Waals surface area contributed by atoms with Gasteiger partial charge in [0.2, 0.25) is 0 Å². The Kier molecular flexibility index (Phi) is 3.42. The van der Waals surface area contributed by atoms with Gasteiger partial charge in [-0.2, -0.15) is 0 Å². The van der Waals surface area contributed by atoms with Crippen LogP contribution in [-0.4, -0.2) is 11.5 Å². The third kappa shape index (κ3) is 2.90. The van der Waals surface area contributed by atoms with Crippen molar-refractivity contribution in [1.29, 1.82) is 0 Å². The molecule has 1 N–H and O–H groups in total. The van der Waals surface area contributed by atoms with Gasteiger partial charge in [-0.3, -0.25) is 0 Å². The molecule has 0 aliphatic carbocycles. The first-order chi connectivity index (χ1) is 9.31. The quantitative estimate of drug-likeness (QED) is 0.773. The van der Waals surface area contributed by atoms with Crippen molar-refractivity contribution in [1.82, 2.24) is 4.98 Å². The molecule has 0 aliphatic rings. The van der Waals surface area contributed by atoms with E-state index in [1.165, 1.54) is 16.8 Å². The number of nitrogens with one attached hydrogen (secondary N) is 1. The Morgan fingerprint density at radius 1 is 1.05 bits per heavy atom. The Labute approximate surface area is 114 Å². The highest BCUT2D eigenvalue weighted by atomic mass is 32.1. The van der Waals surface area contributed by atoms with Crippen molar-refractivity contribution in [3.8, 4) is 0 Å². The highest BCUT2D eigenvalue weighted by molar-refractivity contribution is 7.22. The lowest BCUT2D eigenvalue weighted by Crippen LogP contribution is -2.04. The SMILES string of the molecule is Fc1ccc(CCNc2nc3ccccc3s2)cc1. The monoisotopic (exact) mass is 272 g/mol. The zero-order chi connectivity index (χ0) is 13.1. The molecule has 3 aromatic rings. The normalized spacial score (nSPS) is 10.8. The first-order valence-corrected chi connectivity index (χ1v) is 6.97. The fraction of sp³-hybridized carbons (Fsp3) is 0.133. The van der Waals surface area contributed by atoms with Gasteiger partial charge < -0.3 is 5.32 Å². The summed E-state index contributed by atoms with van der Waals surface area (Å²) in [6.07, 6.45) is 0.857. The smallest absolute Gasteiger partial charge is 0.183 e. The molecule has 0 spiro atoms. The summed E-state index contributed by atoms with van der Waals surface area (Å²) < 4.78 is 14.0. The molecule has 0 fully saturated rings. The summed E-state index contributed by atoms with van der Waals surface area (Å²) in [6, 6.07) is 14.7. The zero-order valence-corrected chi connectivity index (χ0v) is 11.1. The molecule has 0 radical (unpaired) electrons. The minimum Gasteiger partial charge on any atom is -0.361 e. The zero-order valence-electron chi connectivity index (χ0n) is 10.3. The number of benzene rings is 2. The van der Waals surface area contributed by atoms with Gasteiger partial charge in [0.15, 0.2) is 5.13 Å². The van der Waals surface area contributed by atoms with Gasteiger partial charge in [-0.25, -0.2) is 9.37 Å². The second-order valence-electron chi connectivity index (χ2n) is 4.29. The third-order valence-corrected chi connectivity index (χ3v) is 3.89. The predicted octanol–water partition coefficient (Wildman–Crippen LogP) is 4.09. The second kappa shape index (κ2) is 5.36. The molecular weight excluding hydrogens is 259 g/mol. The maximum Gasteiger partial charge on any atom is 0.183 e. The topological polar surface area (TPSA) is 24.9 Å². The van der Waals surface area contributed by atoms with E-state index in [4.69, 9.17) is 0 Å². The lowest BCUT2D eigenvalue weighted by atomic mass is 10.1. The van der Waals surface area contributed by atoms with E-state index in [2.05, 4.69) is 16.4 Å². The van der Waals surface area contributed by atoms with E-state index in [9.17, 15) is 4.39 Å². The fourth-order valence-corrected chi connectivity index (χ4v) is 2.80. The van der Waals surface area contributed by atoms with Crippen LogP contribution < -0.4 is 5.32 Å². The Morgan fingerprint density at radius 2 is 1.84 bits per heavy atom. The highest BCUT2D eigenvalue weighted by Gasteiger charge is 2.02. The number of halogens is 1. The molecule has 0 amide bonds. The number of para-hydroxylation sites is 1. The number of hydrogen-bond donors (Lipinski definition) is 1. The molecule has 0 saturated heterocycles. The summed E-state index contributed by atoms with van der Waals surface area (Å²) in [6.45, 7) is 0.797. The molecule has 2 aromatic carbocycles. The number of aromatic nitrogens is 1. The van der Waals surface area contributed by atoms with Crippen LogP contribution in [0.4, 0.5) is 9.52 Å². The van der Waals surface area contributed by atoms with Gasteiger partial charge in [-0.15, -0.1) is 0 Å². The van der Waals surface area contributed by atoms with Crippen LogP contribution >= 0.6 is 11.3 Å². The summed E-state index contributed by atoms with van der Waals surface area (Å²) in [7, 11) is 0. The van der Waals surface area contributed by atoms with Crippen LogP contribution in [0.3, 0.4) is 0 Å². The fourth-order valence-electron chi connectivity index (χ4n) is 1.91. The Balaban J connectivity index is 1.61. The van der Waals surface area contributed by atoms with Crippen LogP contribution in [0.1, 0.15) is 5.56 Å². The molecule has 1 heterocycles. The van der Waals surface area contributed by atoms with Gasteiger partial charge in [0.1, 0.15) is 5.82 Å². The van der Waals surface area contributed by atoms with Crippen LogP contribution in [0.15, 0.2) is 48.5 Å². The number of anilines is 1. The van der Waals surface area contributed by atoms with Gasteiger partial charge >= 0.3 is 0 Å². The summed E-state index contributed by atoms with van der Waals surface area (Å²) in [5, 5.41) is 4.24. The van der Waals surface area contributed by atoms with E-state index in [0.717, 1.165) is 29.2 Å². The maximum absolute atomic E-state index is 12.8. The highest BCUT2D eigenvalue weighted by Crippen LogP contribution is 2.25. The van der Waals surface area contributed by atoms with Crippen molar-refractivity contribution < 1.29 is 4.39 Å². The lowest BCUT2D eigenvalue weighted by molar-refractivity contribution is 0.627. The first-order valence-electron chi connectivity index (χ1n) is 6.15. The van der Waals surface area contributed by atoms with Crippen molar-refractivity contribution >= 4 is 26.7 Å². The Morgan fingerprint density at radius 3 is 2.63 bits per heavy atom. The van der Waals surface area contributed by atoms with E-state index >= 15 is 0 Å². The summed E-state index contributed by atoms with van der Waals surface area (Å²) in [4.78, 5) is 4.51. The van der Waals surface area contributed by atoms with E-state index in [1.807, 2.05) is 30.3 Å². The molecule has 1 aromatic heterocycles. The molecule has 0 atom stereocenters. The van der Waals surface area contributed by atoms with Crippen LogP contribution in [0, 0.1) is 5.82 Å². The predicted molar refractivity (Wildman–Crippen MR) is 78.2 cm³/mol. The molecule has 0 bridgehead atoms. The molecule has 3 rings (SSSR count). The average Bonchev–Trinajstić information content (AvgIpc) is 2.83. The molecule has 2 nitrogen and oxygen atoms in total. The Bertz CT molecular complexity index is 643. The van der Waals surface area contributed by atoms with Gasteiger partial charge in [0.25, 0.3) is 0 Å². The Hall–Kier alpha value is -1.94.